The highest BCUT2D eigenvalue weighted by molar-refractivity contribution is 5.87. The van der Waals surface area contributed by atoms with Crippen molar-refractivity contribution in [1.29, 1.82) is 0 Å². The second kappa shape index (κ2) is 6.57. The Hall–Kier alpha value is -2.32. The summed E-state index contributed by atoms with van der Waals surface area (Å²) in [5, 5.41) is 16.0. The molecule has 1 aliphatic rings. The maximum Gasteiger partial charge on any atom is 0.326 e. The van der Waals surface area contributed by atoms with E-state index in [1.54, 1.807) is 0 Å². The number of amides is 4. The number of carbonyl (C=O) groups excluding carboxylic acids is 3. The first-order valence-corrected chi connectivity index (χ1v) is 5.73. The van der Waals surface area contributed by atoms with E-state index in [2.05, 4.69) is 16.0 Å². The van der Waals surface area contributed by atoms with Crippen LogP contribution in [0.5, 0.6) is 0 Å². The van der Waals surface area contributed by atoms with E-state index >= 15 is 0 Å². The van der Waals surface area contributed by atoms with Crippen LogP contribution in [0.3, 0.4) is 0 Å². The summed E-state index contributed by atoms with van der Waals surface area (Å²) in [5.74, 6) is -2.25. The minimum absolute atomic E-state index is 0.0874. The standard InChI is InChI=1S/C10H16N4O5/c11-7(15)3-6(9(17)18)14-10(19)13-5-1-2-8(16)12-4-5/h5-6H,1-4H2,(H2,11,15)(H,12,16)(H,17,18)(H2,13,14,19). The highest BCUT2D eigenvalue weighted by Gasteiger charge is 2.24. The maximum absolute atomic E-state index is 11.5. The smallest absolute Gasteiger partial charge is 0.326 e. The Bertz CT molecular complexity index is 387. The third kappa shape index (κ3) is 5.23. The van der Waals surface area contributed by atoms with Crippen molar-refractivity contribution in [3.05, 3.63) is 0 Å². The number of hydrogen-bond acceptors (Lipinski definition) is 4. The van der Waals surface area contributed by atoms with Gasteiger partial charge in [-0.3, -0.25) is 9.59 Å². The van der Waals surface area contributed by atoms with Gasteiger partial charge in [-0.05, 0) is 6.42 Å². The lowest BCUT2D eigenvalue weighted by molar-refractivity contribution is -0.140. The number of carboxylic acid groups (broad SMARTS) is 1. The molecule has 0 saturated carbocycles. The van der Waals surface area contributed by atoms with Crippen molar-refractivity contribution in [3.8, 4) is 0 Å². The molecule has 0 aliphatic carbocycles. The minimum atomic E-state index is -1.37. The third-order valence-corrected chi connectivity index (χ3v) is 2.61. The molecule has 1 fully saturated rings. The molecule has 6 N–H and O–H groups in total. The zero-order chi connectivity index (χ0) is 14.4. The summed E-state index contributed by atoms with van der Waals surface area (Å²) >= 11 is 0. The van der Waals surface area contributed by atoms with E-state index in [1.165, 1.54) is 0 Å². The molecule has 1 heterocycles. The fourth-order valence-electron chi connectivity index (χ4n) is 1.64. The van der Waals surface area contributed by atoms with Crippen LogP contribution >= 0.6 is 0 Å². The van der Waals surface area contributed by atoms with E-state index in [0.29, 0.717) is 19.4 Å². The topological polar surface area (TPSA) is 151 Å². The van der Waals surface area contributed by atoms with Crippen LogP contribution in [-0.4, -0.2) is 47.5 Å². The number of rotatable bonds is 5. The Labute approximate surface area is 108 Å². The van der Waals surface area contributed by atoms with Gasteiger partial charge in [0.1, 0.15) is 6.04 Å². The number of hydrogen-bond donors (Lipinski definition) is 5. The molecule has 2 atom stereocenters. The van der Waals surface area contributed by atoms with Gasteiger partial charge in [-0.2, -0.15) is 0 Å². The third-order valence-electron chi connectivity index (χ3n) is 2.61. The van der Waals surface area contributed by atoms with E-state index in [1.807, 2.05) is 0 Å². The number of primary amides is 1. The first-order chi connectivity index (χ1) is 8.88. The Morgan fingerprint density at radius 3 is 2.63 bits per heavy atom. The lowest BCUT2D eigenvalue weighted by Crippen LogP contribution is -2.54. The zero-order valence-electron chi connectivity index (χ0n) is 10.1. The summed E-state index contributed by atoms with van der Waals surface area (Å²) in [6.45, 7) is 0.291. The fraction of sp³-hybridized carbons (Fsp3) is 0.600. The van der Waals surface area contributed by atoms with E-state index in [-0.39, 0.29) is 11.9 Å². The Morgan fingerprint density at radius 1 is 1.47 bits per heavy atom. The zero-order valence-corrected chi connectivity index (χ0v) is 10.1. The molecule has 0 radical (unpaired) electrons. The quantitative estimate of drug-likeness (QED) is 0.388. The molecule has 0 bridgehead atoms. The molecule has 9 heteroatoms. The van der Waals surface area contributed by atoms with Gasteiger partial charge in [-0.25, -0.2) is 9.59 Å². The largest absolute Gasteiger partial charge is 0.480 e. The first-order valence-electron chi connectivity index (χ1n) is 5.73. The highest BCUT2D eigenvalue weighted by Crippen LogP contribution is 2.02. The van der Waals surface area contributed by atoms with Gasteiger partial charge in [-0.15, -0.1) is 0 Å². The molecule has 1 rings (SSSR count). The molecule has 0 spiro atoms. The molecular weight excluding hydrogens is 256 g/mol. The lowest BCUT2D eigenvalue weighted by Gasteiger charge is -2.24. The van der Waals surface area contributed by atoms with E-state index in [4.69, 9.17) is 10.8 Å². The number of carbonyl (C=O) groups is 4. The van der Waals surface area contributed by atoms with Gasteiger partial charge in [0.15, 0.2) is 0 Å². The summed E-state index contributed by atoms with van der Waals surface area (Å²) in [4.78, 5) is 43.9. The second-order valence-electron chi connectivity index (χ2n) is 4.22. The Balaban J connectivity index is 2.42. The lowest BCUT2D eigenvalue weighted by atomic mass is 10.1. The fourth-order valence-corrected chi connectivity index (χ4v) is 1.64. The molecule has 19 heavy (non-hydrogen) atoms. The van der Waals surface area contributed by atoms with Gasteiger partial charge >= 0.3 is 12.0 Å². The van der Waals surface area contributed by atoms with Gasteiger partial charge in [0.05, 0.1) is 6.42 Å². The predicted octanol–water partition coefficient (Wildman–Crippen LogP) is -2.11. The van der Waals surface area contributed by atoms with Crippen LogP contribution in [0.25, 0.3) is 0 Å². The summed E-state index contributed by atoms with van der Waals surface area (Å²) in [5.41, 5.74) is 4.88. The van der Waals surface area contributed by atoms with Gasteiger partial charge in [0.2, 0.25) is 11.8 Å². The van der Waals surface area contributed by atoms with E-state index in [0.717, 1.165) is 0 Å². The molecule has 9 nitrogen and oxygen atoms in total. The van der Waals surface area contributed by atoms with Crippen molar-refractivity contribution in [2.24, 2.45) is 5.73 Å². The van der Waals surface area contributed by atoms with Crippen LogP contribution in [0.1, 0.15) is 19.3 Å². The van der Waals surface area contributed by atoms with Crippen molar-refractivity contribution in [2.45, 2.75) is 31.3 Å². The molecule has 1 aliphatic heterocycles. The van der Waals surface area contributed by atoms with E-state index in [9.17, 15) is 19.2 Å². The minimum Gasteiger partial charge on any atom is -0.480 e. The van der Waals surface area contributed by atoms with Crippen LogP contribution in [0.2, 0.25) is 0 Å². The predicted molar refractivity (Wildman–Crippen MR) is 62.9 cm³/mol. The summed E-state index contributed by atoms with van der Waals surface area (Å²) < 4.78 is 0. The molecule has 1 saturated heterocycles. The molecule has 106 valence electrons. The Morgan fingerprint density at radius 2 is 2.16 bits per heavy atom. The summed E-state index contributed by atoms with van der Waals surface area (Å²) in [7, 11) is 0. The molecular formula is C10H16N4O5. The average molecular weight is 272 g/mol. The number of carboxylic acids is 1. The van der Waals surface area contributed by atoms with Crippen LogP contribution in [0.4, 0.5) is 4.79 Å². The van der Waals surface area contributed by atoms with Crippen LogP contribution in [-0.2, 0) is 14.4 Å². The number of piperidine rings is 1. The average Bonchev–Trinajstić information content (AvgIpc) is 2.30. The van der Waals surface area contributed by atoms with Crippen molar-refractivity contribution in [1.82, 2.24) is 16.0 Å². The summed E-state index contributed by atoms with van der Waals surface area (Å²) in [6.07, 6.45) is 0.297. The normalized spacial score (nSPS) is 20.0. The SMILES string of the molecule is NC(=O)CC(NC(=O)NC1CCC(=O)NC1)C(=O)O. The first kappa shape index (κ1) is 14.7. The monoisotopic (exact) mass is 272 g/mol. The molecule has 0 aromatic heterocycles. The summed E-state index contributed by atoms with van der Waals surface area (Å²) in [6, 6.07) is -2.34. The van der Waals surface area contributed by atoms with Crippen LogP contribution in [0.15, 0.2) is 0 Å². The van der Waals surface area contributed by atoms with Gasteiger partial charge in [-0.1, -0.05) is 0 Å². The van der Waals surface area contributed by atoms with Crippen molar-refractivity contribution in [2.75, 3.05) is 6.54 Å². The number of nitrogens with one attached hydrogen (secondary N) is 3. The van der Waals surface area contributed by atoms with Crippen LogP contribution in [0, 0.1) is 0 Å². The highest BCUT2D eigenvalue weighted by atomic mass is 16.4. The molecule has 0 aromatic carbocycles. The van der Waals surface area contributed by atoms with Gasteiger partial charge in [0, 0.05) is 19.0 Å². The molecule has 0 aromatic rings. The van der Waals surface area contributed by atoms with Gasteiger partial charge in [0.25, 0.3) is 0 Å². The van der Waals surface area contributed by atoms with Gasteiger partial charge < -0.3 is 26.8 Å². The number of urea groups is 1. The van der Waals surface area contributed by atoms with E-state index < -0.39 is 30.4 Å². The van der Waals surface area contributed by atoms with Crippen LogP contribution < -0.4 is 21.7 Å². The maximum atomic E-state index is 11.5. The van der Waals surface area contributed by atoms with Crippen molar-refractivity contribution < 1.29 is 24.3 Å². The number of aliphatic carboxylic acids is 1. The Kier molecular flexibility index (Phi) is 5.10. The number of nitrogens with two attached hydrogens (primary N) is 1. The molecule has 2 unspecified atom stereocenters. The molecule has 4 amide bonds. The second-order valence-corrected chi connectivity index (χ2v) is 4.22. The van der Waals surface area contributed by atoms with Crippen molar-refractivity contribution in [3.63, 3.8) is 0 Å². The van der Waals surface area contributed by atoms with Crippen molar-refractivity contribution >= 4 is 23.8 Å².